The third kappa shape index (κ3) is 2.04. The maximum Gasteiger partial charge on any atom is 0.412 e. The first-order valence-corrected chi connectivity index (χ1v) is 4.79. The topological polar surface area (TPSA) is 56.1 Å². The summed E-state index contributed by atoms with van der Waals surface area (Å²) in [6.45, 7) is 2.41. The average Bonchev–Trinajstić information content (AvgIpc) is 2.89. The fraction of sp³-hybridized carbons (Fsp3) is 0.556. The molecule has 0 bridgehead atoms. The van der Waals surface area contributed by atoms with Crippen molar-refractivity contribution in [2.75, 3.05) is 6.54 Å². The van der Waals surface area contributed by atoms with Gasteiger partial charge in [0.15, 0.2) is 5.75 Å². The van der Waals surface area contributed by atoms with Gasteiger partial charge >= 0.3 is 6.09 Å². The Bertz CT molecular complexity index is 331. The molecule has 5 nitrogen and oxygen atoms in total. The molecule has 0 radical (unpaired) electrons. The molecule has 0 aromatic carbocycles. The Labute approximate surface area is 82.0 Å². The third-order valence-electron chi connectivity index (χ3n) is 2.03. The molecule has 14 heavy (non-hydrogen) atoms. The number of aromatic nitrogens is 2. The summed E-state index contributed by atoms with van der Waals surface area (Å²) < 4.78 is 6.82. The van der Waals surface area contributed by atoms with E-state index in [1.54, 1.807) is 12.4 Å². The quantitative estimate of drug-likeness (QED) is 0.791. The molecular weight excluding hydrogens is 182 g/mol. The number of hydrogen-bond donors (Lipinski definition) is 1. The average molecular weight is 195 g/mol. The molecule has 0 aliphatic heterocycles. The molecule has 1 aromatic rings. The summed E-state index contributed by atoms with van der Waals surface area (Å²) in [6, 6.07) is 0.515. The zero-order valence-corrected chi connectivity index (χ0v) is 8.06. The maximum absolute atomic E-state index is 11.0. The highest BCUT2D eigenvalue weighted by molar-refractivity contribution is 5.69. The maximum atomic E-state index is 11.0. The van der Waals surface area contributed by atoms with E-state index < -0.39 is 6.09 Å². The molecule has 76 valence electrons. The van der Waals surface area contributed by atoms with E-state index in [-0.39, 0.29) is 0 Å². The van der Waals surface area contributed by atoms with Crippen molar-refractivity contribution in [1.29, 1.82) is 0 Å². The van der Waals surface area contributed by atoms with Crippen LogP contribution in [-0.2, 0) is 0 Å². The molecular formula is C9H13N3O2. The van der Waals surface area contributed by atoms with Gasteiger partial charge < -0.3 is 10.1 Å². The Morgan fingerprint density at radius 2 is 2.57 bits per heavy atom. The predicted octanol–water partition coefficient (Wildman–Crippen LogP) is 1.33. The van der Waals surface area contributed by atoms with Crippen LogP contribution in [0.5, 0.6) is 5.75 Å². The van der Waals surface area contributed by atoms with Gasteiger partial charge in [-0.3, -0.25) is 4.68 Å². The van der Waals surface area contributed by atoms with E-state index in [1.165, 1.54) is 12.8 Å². The highest BCUT2D eigenvalue weighted by Crippen LogP contribution is 2.34. The number of ether oxygens (including phenoxy) is 1. The minimum Gasteiger partial charge on any atom is -0.407 e. The van der Waals surface area contributed by atoms with Crippen LogP contribution >= 0.6 is 0 Å². The van der Waals surface area contributed by atoms with Gasteiger partial charge in [-0.15, -0.1) is 0 Å². The molecule has 1 amide bonds. The normalized spacial score (nSPS) is 15.2. The minimum atomic E-state index is -0.428. The Balaban J connectivity index is 1.92. The molecule has 1 aromatic heterocycles. The zero-order chi connectivity index (χ0) is 9.97. The molecule has 1 fully saturated rings. The van der Waals surface area contributed by atoms with Gasteiger partial charge in [0.2, 0.25) is 0 Å². The van der Waals surface area contributed by atoms with Crippen LogP contribution in [0.1, 0.15) is 25.8 Å². The van der Waals surface area contributed by atoms with Gasteiger partial charge in [-0.2, -0.15) is 5.10 Å². The second-order valence-electron chi connectivity index (χ2n) is 3.31. The van der Waals surface area contributed by atoms with E-state index in [0.717, 1.165) is 0 Å². The largest absolute Gasteiger partial charge is 0.412 e. The molecule has 1 aliphatic rings. The molecule has 5 heteroatoms. The summed E-state index contributed by atoms with van der Waals surface area (Å²) >= 11 is 0. The fourth-order valence-electron chi connectivity index (χ4n) is 1.20. The number of carbonyl (C=O) groups is 1. The molecule has 1 N–H and O–H groups in total. The summed E-state index contributed by atoms with van der Waals surface area (Å²) in [5.74, 6) is 0.503. The van der Waals surface area contributed by atoms with E-state index in [9.17, 15) is 4.79 Å². The van der Waals surface area contributed by atoms with Crippen LogP contribution < -0.4 is 10.1 Å². The zero-order valence-electron chi connectivity index (χ0n) is 8.06. The number of hydrogen-bond acceptors (Lipinski definition) is 3. The van der Waals surface area contributed by atoms with Crippen LogP contribution in [0.4, 0.5) is 4.79 Å². The van der Waals surface area contributed by atoms with E-state index in [1.807, 2.05) is 11.6 Å². The van der Waals surface area contributed by atoms with Crippen molar-refractivity contribution in [2.24, 2.45) is 0 Å². The second-order valence-corrected chi connectivity index (χ2v) is 3.31. The number of amides is 1. The van der Waals surface area contributed by atoms with Crippen molar-refractivity contribution < 1.29 is 9.53 Å². The molecule has 1 heterocycles. The van der Waals surface area contributed by atoms with Gasteiger partial charge in [-0.05, 0) is 19.8 Å². The van der Waals surface area contributed by atoms with Gasteiger partial charge in [0.25, 0.3) is 0 Å². The number of carbonyl (C=O) groups excluding carboxylic acids is 1. The van der Waals surface area contributed by atoms with Crippen LogP contribution in [0.2, 0.25) is 0 Å². The van der Waals surface area contributed by atoms with Gasteiger partial charge in [-0.25, -0.2) is 4.79 Å². The molecule has 0 atom stereocenters. The molecule has 1 saturated carbocycles. The monoisotopic (exact) mass is 195 g/mol. The Morgan fingerprint density at radius 1 is 1.79 bits per heavy atom. The highest BCUT2D eigenvalue weighted by atomic mass is 16.6. The van der Waals surface area contributed by atoms with Crippen molar-refractivity contribution in [3.05, 3.63) is 12.4 Å². The number of nitrogens with zero attached hydrogens (tertiary/aromatic N) is 2. The lowest BCUT2D eigenvalue weighted by atomic mass is 10.6. The fourth-order valence-corrected chi connectivity index (χ4v) is 1.20. The predicted molar refractivity (Wildman–Crippen MR) is 50.2 cm³/mol. The molecule has 2 rings (SSSR count). The van der Waals surface area contributed by atoms with E-state index >= 15 is 0 Å². The van der Waals surface area contributed by atoms with Crippen LogP contribution in [0.3, 0.4) is 0 Å². The summed E-state index contributed by atoms with van der Waals surface area (Å²) in [6.07, 6.45) is 5.23. The lowest BCUT2D eigenvalue weighted by Crippen LogP contribution is -2.26. The van der Waals surface area contributed by atoms with Crippen molar-refractivity contribution >= 4 is 6.09 Å². The van der Waals surface area contributed by atoms with Crippen molar-refractivity contribution in [2.45, 2.75) is 25.8 Å². The first kappa shape index (κ1) is 9.05. The standard InChI is InChI=1S/C9H13N3O2/c1-2-10-9(13)14-8-5-11-12(6-8)7-3-4-7/h5-7H,2-4H2,1H3,(H,10,13). The highest BCUT2D eigenvalue weighted by Gasteiger charge is 2.24. The van der Waals surface area contributed by atoms with Gasteiger partial charge in [-0.1, -0.05) is 0 Å². The third-order valence-corrected chi connectivity index (χ3v) is 2.03. The van der Waals surface area contributed by atoms with Crippen LogP contribution in [0, 0.1) is 0 Å². The van der Waals surface area contributed by atoms with Crippen LogP contribution in [-0.4, -0.2) is 22.4 Å². The van der Waals surface area contributed by atoms with Crippen molar-refractivity contribution in [3.8, 4) is 5.75 Å². The Hall–Kier alpha value is -1.52. The van der Waals surface area contributed by atoms with Crippen molar-refractivity contribution in [3.63, 3.8) is 0 Å². The van der Waals surface area contributed by atoms with Crippen molar-refractivity contribution in [1.82, 2.24) is 15.1 Å². The summed E-state index contributed by atoms with van der Waals surface area (Å²) in [4.78, 5) is 11.0. The lowest BCUT2D eigenvalue weighted by molar-refractivity contribution is 0.201. The van der Waals surface area contributed by atoms with E-state index in [0.29, 0.717) is 18.3 Å². The SMILES string of the molecule is CCNC(=O)Oc1cnn(C2CC2)c1. The summed E-state index contributed by atoms with van der Waals surface area (Å²) in [5, 5.41) is 6.65. The molecule has 0 spiro atoms. The molecule has 0 unspecified atom stereocenters. The first-order chi connectivity index (χ1) is 6.79. The van der Waals surface area contributed by atoms with E-state index in [4.69, 9.17) is 4.74 Å². The van der Waals surface area contributed by atoms with Crippen LogP contribution in [0.25, 0.3) is 0 Å². The Morgan fingerprint density at radius 3 is 3.21 bits per heavy atom. The Kier molecular flexibility index (Phi) is 2.39. The smallest absolute Gasteiger partial charge is 0.407 e. The first-order valence-electron chi connectivity index (χ1n) is 4.79. The molecule has 1 aliphatic carbocycles. The number of rotatable bonds is 3. The summed E-state index contributed by atoms with van der Waals surface area (Å²) in [7, 11) is 0. The lowest BCUT2D eigenvalue weighted by Gasteiger charge is -2.00. The summed E-state index contributed by atoms with van der Waals surface area (Å²) in [5.41, 5.74) is 0. The number of nitrogens with one attached hydrogen (secondary N) is 1. The second kappa shape index (κ2) is 3.69. The minimum absolute atomic E-state index is 0.428. The van der Waals surface area contributed by atoms with Gasteiger partial charge in [0.1, 0.15) is 0 Å². The van der Waals surface area contributed by atoms with Gasteiger partial charge in [0, 0.05) is 6.54 Å². The van der Waals surface area contributed by atoms with Crippen LogP contribution in [0.15, 0.2) is 12.4 Å². The molecule has 0 saturated heterocycles. The van der Waals surface area contributed by atoms with E-state index in [2.05, 4.69) is 10.4 Å². The van der Waals surface area contributed by atoms with Gasteiger partial charge in [0.05, 0.1) is 18.4 Å².